The van der Waals surface area contributed by atoms with E-state index in [-0.39, 0.29) is 23.9 Å². The van der Waals surface area contributed by atoms with Gasteiger partial charge < -0.3 is 27.1 Å². The lowest BCUT2D eigenvalue weighted by Crippen LogP contribution is -2.23. The highest BCUT2D eigenvalue weighted by Crippen LogP contribution is 2.22. The summed E-state index contributed by atoms with van der Waals surface area (Å²) in [6.07, 6.45) is 2.86. The van der Waals surface area contributed by atoms with E-state index in [4.69, 9.17) is 11.5 Å². The zero-order valence-electron chi connectivity index (χ0n) is 12.4. The van der Waals surface area contributed by atoms with Crippen molar-refractivity contribution in [3.8, 4) is 0 Å². The molecule has 0 saturated heterocycles. The maximum absolute atomic E-state index is 11.6. The van der Waals surface area contributed by atoms with Crippen LogP contribution in [0, 0.1) is 0 Å². The molecule has 2 heterocycles. The third-order valence-corrected chi connectivity index (χ3v) is 3.16. The summed E-state index contributed by atoms with van der Waals surface area (Å²) in [4.78, 5) is 37.6. The Kier molecular flexibility index (Phi) is 3.93. The Hall–Kier alpha value is -3.69. The molecule has 24 heavy (non-hydrogen) atoms. The van der Waals surface area contributed by atoms with Crippen LogP contribution in [0.4, 0.5) is 17.5 Å². The van der Waals surface area contributed by atoms with Gasteiger partial charge in [-0.15, -0.1) is 0 Å². The first-order chi connectivity index (χ1) is 11.5. The number of imidazole rings is 1. The summed E-state index contributed by atoms with van der Waals surface area (Å²) >= 11 is 0. The molecule has 0 unspecified atom stereocenters. The van der Waals surface area contributed by atoms with Gasteiger partial charge in [-0.1, -0.05) is 0 Å². The van der Waals surface area contributed by atoms with Crippen LogP contribution in [0.3, 0.4) is 0 Å². The Morgan fingerprint density at radius 3 is 2.79 bits per heavy atom. The van der Waals surface area contributed by atoms with Crippen LogP contribution < -0.4 is 22.1 Å². The first kappa shape index (κ1) is 15.2. The van der Waals surface area contributed by atoms with Gasteiger partial charge in [0.05, 0.1) is 23.9 Å². The summed E-state index contributed by atoms with van der Waals surface area (Å²) in [5.41, 5.74) is 12.8. The summed E-state index contributed by atoms with van der Waals surface area (Å²) in [6, 6.07) is 5.41. The molecular weight excluding hydrogens is 312 g/mol. The standard InChI is InChI=1S/C14H14N8O2/c15-11(23)5-18-14-17-4-8(12(16)24)13(22-14)21-7-1-2-9-10(3-7)20-6-19-9/h1-4,6H,5H2,(H2,15,23)(H2,16,24)(H,19,20)(H2,17,18,21,22). The molecule has 3 rings (SSSR count). The second kappa shape index (κ2) is 6.20. The quantitative estimate of drug-likeness (QED) is 0.428. The van der Waals surface area contributed by atoms with Crippen LogP contribution in [0.1, 0.15) is 10.4 Å². The van der Waals surface area contributed by atoms with Crippen molar-refractivity contribution in [2.24, 2.45) is 11.5 Å². The van der Waals surface area contributed by atoms with Gasteiger partial charge in [-0.05, 0) is 18.2 Å². The number of nitrogens with two attached hydrogens (primary N) is 2. The zero-order valence-corrected chi connectivity index (χ0v) is 12.4. The van der Waals surface area contributed by atoms with E-state index in [0.717, 1.165) is 11.0 Å². The van der Waals surface area contributed by atoms with E-state index in [9.17, 15) is 9.59 Å². The second-order valence-corrected chi connectivity index (χ2v) is 4.90. The van der Waals surface area contributed by atoms with Gasteiger partial charge in [-0.25, -0.2) is 9.97 Å². The number of hydrogen-bond acceptors (Lipinski definition) is 7. The maximum atomic E-state index is 11.6. The Bertz CT molecular complexity index is 920. The fourth-order valence-electron chi connectivity index (χ4n) is 2.06. The number of carbonyl (C=O) groups is 2. The molecule has 0 radical (unpaired) electrons. The number of aromatic amines is 1. The van der Waals surface area contributed by atoms with E-state index < -0.39 is 11.8 Å². The molecule has 0 aliphatic heterocycles. The lowest BCUT2D eigenvalue weighted by atomic mass is 10.2. The predicted molar refractivity (Wildman–Crippen MR) is 87.6 cm³/mol. The molecule has 3 aromatic rings. The molecule has 2 amide bonds. The molecule has 0 aliphatic rings. The van der Waals surface area contributed by atoms with Crippen LogP contribution in [0.25, 0.3) is 11.0 Å². The van der Waals surface area contributed by atoms with Gasteiger partial charge in [0, 0.05) is 11.9 Å². The first-order valence-corrected chi connectivity index (χ1v) is 6.92. The fraction of sp³-hybridized carbons (Fsp3) is 0.0714. The number of amides is 2. The summed E-state index contributed by atoms with van der Waals surface area (Å²) in [5, 5.41) is 5.66. The van der Waals surface area contributed by atoms with Crippen LogP contribution >= 0.6 is 0 Å². The third-order valence-electron chi connectivity index (χ3n) is 3.16. The normalized spacial score (nSPS) is 10.5. The van der Waals surface area contributed by atoms with Crippen LogP contribution in [-0.4, -0.2) is 38.3 Å². The summed E-state index contributed by atoms with van der Waals surface area (Å²) in [6.45, 7) is -0.130. The van der Waals surface area contributed by atoms with Gasteiger partial charge in [0.15, 0.2) is 0 Å². The van der Waals surface area contributed by atoms with Gasteiger partial charge in [0.25, 0.3) is 5.91 Å². The molecule has 0 atom stereocenters. The number of nitrogens with zero attached hydrogens (tertiary/aromatic N) is 3. The van der Waals surface area contributed by atoms with Crippen LogP contribution in [-0.2, 0) is 4.79 Å². The highest BCUT2D eigenvalue weighted by atomic mass is 16.1. The summed E-state index contributed by atoms with van der Waals surface area (Å²) in [7, 11) is 0. The average molecular weight is 326 g/mol. The Balaban J connectivity index is 1.92. The molecule has 0 fully saturated rings. The summed E-state index contributed by atoms with van der Waals surface area (Å²) < 4.78 is 0. The Morgan fingerprint density at radius 2 is 2.04 bits per heavy atom. The lowest BCUT2D eigenvalue weighted by molar-refractivity contribution is -0.116. The van der Waals surface area contributed by atoms with Crippen molar-refractivity contribution in [2.75, 3.05) is 17.2 Å². The van der Waals surface area contributed by atoms with Crippen LogP contribution in [0.2, 0.25) is 0 Å². The minimum atomic E-state index is -0.679. The zero-order chi connectivity index (χ0) is 17.1. The molecule has 0 spiro atoms. The number of hydrogen-bond donors (Lipinski definition) is 5. The van der Waals surface area contributed by atoms with Crippen molar-refractivity contribution in [3.63, 3.8) is 0 Å². The SMILES string of the molecule is NC(=O)CNc1ncc(C(N)=O)c(Nc2ccc3nc[nH]c3c2)n1. The first-order valence-electron chi connectivity index (χ1n) is 6.92. The number of nitrogens with one attached hydrogen (secondary N) is 3. The third kappa shape index (κ3) is 3.21. The van der Waals surface area contributed by atoms with Crippen molar-refractivity contribution in [1.29, 1.82) is 0 Å². The average Bonchev–Trinajstić information content (AvgIpc) is 3.00. The number of fused-ring (bicyclic) bond motifs is 1. The number of primary amides is 2. The summed E-state index contributed by atoms with van der Waals surface area (Å²) in [5.74, 6) is -0.884. The minimum Gasteiger partial charge on any atom is -0.368 e. The largest absolute Gasteiger partial charge is 0.368 e. The lowest BCUT2D eigenvalue weighted by Gasteiger charge is -2.11. The van der Waals surface area contributed by atoms with Gasteiger partial charge in [0.1, 0.15) is 11.4 Å². The maximum Gasteiger partial charge on any atom is 0.254 e. The molecular formula is C14H14N8O2. The highest BCUT2D eigenvalue weighted by molar-refractivity contribution is 5.98. The van der Waals surface area contributed by atoms with Crippen molar-refractivity contribution in [2.45, 2.75) is 0 Å². The van der Waals surface area contributed by atoms with E-state index in [1.54, 1.807) is 12.4 Å². The molecule has 0 aliphatic carbocycles. The van der Waals surface area contributed by atoms with E-state index >= 15 is 0 Å². The predicted octanol–water partition coefficient (Wildman–Crippen LogP) is 0.0926. The van der Waals surface area contributed by atoms with Crippen molar-refractivity contribution >= 4 is 40.3 Å². The molecule has 10 heteroatoms. The molecule has 122 valence electrons. The van der Waals surface area contributed by atoms with E-state index in [2.05, 4.69) is 30.6 Å². The highest BCUT2D eigenvalue weighted by Gasteiger charge is 2.13. The fourth-order valence-corrected chi connectivity index (χ4v) is 2.06. The molecule has 0 bridgehead atoms. The van der Waals surface area contributed by atoms with Gasteiger partial charge >= 0.3 is 0 Å². The van der Waals surface area contributed by atoms with E-state index in [1.165, 1.54) is 6.20 Å². The number of aromatic nitrogens is 4. The van der Waals surface area contributed by atoms with E-state index in [1.807, 2.05) is 12.1 Å². The van der Waals surface area contributed by atoms with Crippen LogP contribution in [0.5, 0.6) is 0 Å². The number of H-pyrrole nitrogens is 1. The molecule has 1 aromatic carbocycles. The van der Waals surface area contributed by atoms with Crippen LogP contribution in [0.15, 0.2) is 30.7 Å². The van der Waals surface area contributed by atoms with Crippen molar-refractivity contribution < 1.29 is 9.59 Å². The smallest absolute Gasteiger partial charge is 0.254 e. The number of benzene rings is 1. The molecule has 0 saturated carbocycles. The second-order valence-electron chi connectivity index (χ2n) is 4.90. The molecule has 2 aromatic heterocycles. The number of carbonyl (C=O) groups excluding carboxylic acids is 2. The Labute approximate surface area is 135 Å². The molecule has 7 N–H and O–H groups in total. The Morgan fingerprint density at radius 1 is 1.21 bits per heavy atom. The minimum absolute atomic E-state index is 0.115. The number of anilines is 3. The topological polar surface area (TPSA) is 165 Å². The monoisotopic (exact) mass is 326 g/mol. The van der Waals surface area contributed by atoms with Gasteiger partial charge in [-0.2, -0.15) is 4.98 Å². The van der Waals surface area contributed by atoms with Crippen molar-refractivity contribution in [3.05, 3.63) is 36.3 Å². The van der Waals surface area contributed by atoms with E-state index in [0.29, 0.717) is 5.69 Å². The van der Waals surface area contributed by atoms with Gasteiger partial charge in [-0.3, -0.25) is 9.59 Å². The molecule has 10 nitrogen and oxygen atoms in total. The van der Waals surface area contributed by atoms with Crippen molar-refractivity contribution in [1.82, 2.24) is 19.9 Å². The van der Waals surface area contributed by atoms with Gasteiger partial charge in [0.2, 0.25) is 11.9 Å². The number of rotatable bonds is 6.